The Hall–Kier alpha value is 0.1000. The summed E-state index contributed by atoms with van der Waals surface area (Å²) in [4.78, 5) is 11.0. The molecule has 0 fully saturated rings. The topological polar surface area (TPSA) is 64.3 Å². The summed E-state index contributed by atoms with van der Waals surface area (Å²) in [5.41, 5.74) is 4.85. The Morgan fingerprint density at radius 3 is 3.00 bits per heavy atom. The second-order valence-corrected chi connectivity index (χ2v) is 5.04. The maximum absolute atomic E-state index is 12.0. The molecule has 0 saturated heterocycles. The molecule has 4 nitrogen and oxygen atoms in total. The fourth-order valence-corrected chi connectivity index (χ4v) is 1.53. The minimum atomic E-state index is -2.06. The van der Waals surface area contributed by atoms with E-state index < -0.39 is 7.58 Å². The molecule has 0 aliphatic heterocycles. The van der Waals surface area contributed by atoms with E-state index in [1.54, 1.807) is 0 Å². The number of nitrogens with one attached hydrogen (secondary N) is 1. The molecule has 0 aromatic rings. The smallest absolute Gasteiger partial charge is 0.241 e. The van der Waals surface area contributed by atoms with E-state index in [0.717, 1.165) is 12.8 Å². The van der Waals surface area contributed by atoms with Gasteiger partial charge in [0.05, 0.1) is 18.3 Å². The molecule has 7 heteroatoms. The number of hydrogen-bond acceptors (Lipinski definition) is 4. The number of unbranched alkanes of at least 4 members (excludes halogenated alkanes) is 1. The summed E-state index contributed by atoms with van der Waals surface area (Å²) in [6.45, 7) is 2.71. The molecule has 14 heavy (non-hydrogen) atoms. The fraction of sp³-hybridized carbons (Fsp3) is 0.857. The van der Waals surface area contributed by atoms with Crippen molar-refractivity contribution in [2.45, 2.75) is 26.2 Å². The van der Waals surface area contributed by atoms with Gasteiger partial charge in [0.2, 0.25) is 13.5 Å². The molecule has 0 aliphatic rings. The van der Waals surface area contributed by atoms with Gasteiger partial charge in [-0.2, -0.15) is 4.20 Å². The van der Waals surface area contributed by atoms with E-state index >= 15 is 0 Å². The third-order valence-electron chi connectivity index (χ3n) is 1.39. The van der Waals surface area contributed by atoms with Crippen molar-refractivity contribution in [1.29, 1.82) is 0 Å². The van der Waals surface area contributed by atoms with Crippen molar-refractivity contribution in [2.24, 2.45) is 5.50 Å². The van der Waals surface area contributed by atoms with Crippen LogP contribution in [-0.4, -0.2) is 19.1 Å². The van der Waals surface area contributed by atoms with E-state index in [0.29, 0.717) is 24.6 Å². The van der Waals surface area contributed by atoms with Gasteiger partial charge in [-0.3, -0.25) is 10.3 Å². The van der Waals surface area contributed by atoms with Gasteiger partial charge in [0, 0.05) is 13.0 Å². The Morgan fingerprint density at radius 1 is 1.71 bits per heavy atom. The Morgan fingerprint density at radius 2 is 2.43 bits per heavy atom. The Kier molecular flexibility index (Phi) is 9.72. The van der Waals surface area contributed by atoms with Crippen molar-refractivity contribution >= 4 is 25.2 Å². The average molecular weight is 242 g/mol. The first kappa shape index (κ1) is 14.1. The Balaban J connectivity index is 3.15. The summed E-state index contributed by atoms with van der Waals surface area (Å²) < 4.78 is 16.8. The lowest BCUT2D eigenvalue weighted by Gasteiger charge is -2.04. The zero-order chi connectivity index (χ0) is 10.8. The van der Waals surface area contributed by atoms with Gasteiger partial charge in [-0.25, -0.2) is 0 Å². The number of carbonyl (C=O) groups is 1. The molecule has 0 heterocycles. The Labute approximate surface area is 89.0 Å². The molecule has 0 aliphatic carbocycles. The molecule has 1 amide bonds. The van der Waals surface area contributed by atoms with Crippen molar-refractivity contribution in [3.63, 3.8) is 0 Å². The summed E-state index contributed by atoms with van der Waals surface area (Å²) >= 11 is 0.625. The predicted molar refractivity (Wildman–Crippen MR) is 58.3 cm³/mol. The minimum Gasteiger partial charge on any atom is -0.354 e. The average Bonchev–Trinajstić information content (AvgIpc) is 2.13. The molecule has 3 N–H and O–H groups in total. The summed E-state index contributed by atoms with van der Waals surface area (Å²) in [5, 5.41) is 2.66. The van der Waals surface area contributed by atoms with Gasteiger partial charge in [0.1, 0.15) is 0 Å². The molecule has 1 atom stereocenters. The third-order valence-corrected chi connectivity index (χ3v) is 2.55. The first-order valence-electron chi connectivity index (χ1n) is 4.43. The maximum Gasteiger partial charge on any atom is 0.241 e. The minimum absolute atomic E-state index is 0.00992. The highest BCUT2D eigenvalue weighted by atomic mass is 32.7. The van der Waals surface area contributed by atoms with E-state index in [-0.39, 0.29) is 12.5 Å². The molecule has 0 rings (SSSR count). The first-order valence-corrected chi connectivity index (χ1v) is 7.08. The van der Waals surface area contributed by atoms with Crippen LogP contribution in [0.15, 0.2) is 0 Å². The van der Waals surface area contributed by atoms with Crippen LogP contribution >= 0.6 is 19.2 Å². The van der Waals surface area contributed by atoms with Crippen LogP contribution in [0.3, 0.4) is 0 Å². The van der Waals surface area contributed by atoms with Crippen LogP contribution in [0.4, 0.5) is 4.20 Å². The van der Waals surface area contributed by atoms with Gasteiger partial charge in [-0.05, 0) is 6.42 Å². The van der Waals surface area contributed by atoms with Crippen molar-refractivity contribution in [1.82, 2.24) is 5.32 Å². The third kappa shape index (κ3) is 10.2. The van der Waals surface area contributed by atoms with E-state index in [4.69, 9.17) is 9.69 Å². The van der Waals surface area contributed by atoms with E-state index in [2.05, 4.69) is 5.32 Å². The van der Waals surface area contributed by atoms with Crippen LogP contribution < -0.4 is 10.8 Å². The summed E-state index contributed by atoms with van der Waals surface area (Å²) in [5.74, 6) is 0.00992. The van der Waals surface area contributed by atoms with Crippen molar-refractivity contribution in [3.8, 4) is 0 Å². The monoisotopic (exact) mass is 242 g/mol. The number of carbonyl (C=O) groups excluding carboxylic acids is 1. The lowest BCUT2D eigenvalue weighted by molar-refractivity contribution is -0.121. The summed E-state index contributed by atoms with van der Waals surface area (Å²) in [7, 11) is -2.06. The molecule has 0 aromatic carbocycles. The van der Waals surface area contributed by atoms with E-state index in [1.807, 2.05) is 6.92 Å². The summed E-state index contributed by atoms with van der Waals surface area (Å²) in [6, 6.07) is 0. The molecule has 0 spiro atoms. The van der Waals surface area contributed by atoms with Gasteiger partial charge >= 0.3 is 0 Å². The Bertz CT molecular complexity index is 163. The number of hydrogen-bond donors (Lipinski definition) is 2. The van der Waals surface area contributed by atoms with Crippen LogP contribution in [0.25, 0.3) is 0 Å². The van der Waals surface area contributed by atoms with Crippen LogP contribution in [0.2, 0.25) is 0 Å². The van der Waals surface area contributed by atoms with Gasteiger partial charge in [0.25, 0.3) is 0 Å². The van der Waals surface area contributed by atoms with Crippen molar-refractivity contribution in [2.75, 3.05) is 13.2 Å². The van der Waals surface area contributed by atoms with Gasteiger partial charge in [-0.1, -0.05) is 13.3 Å². The van der Waals surface area contributed by atoms with Crippen LogP contribution in [-0.2, 0) is 8.98 Å². The quantitative estimate of drug-likeness (QED) is 0.389. The second kappa shape index (κ2) is 9.65. The summed E-state index contributed by atoms with van der Waals surface area (Å²) in [6.07, 6.45) is 2.43. The van der Waals surface area contributed by atoms with Crippen LogP contribution in [0, 0.1) is 0 Å². The predicted octanol–water partition coefficient (Wildman–Crippen LogP) is 2.11. The van der Waals surface area contributed by atoms with Gasteiger partial charge < -0.3 is 9.50 Å². The van der Waals surface area contributed by atoms with Gasteiger partial charge in [0.15, 0.2) is 0 Å². The number of rotatable bonds is 8. The first-order chi connectivity index (χ1) is 6.66. The lowest BCUT2D eigenvalue weighted by Crippen LogP contribution is -2.26. The molecule has 84 valence electrons. The fourth-order valence-electron chi connectivity index (χ4n) is 0.745. The number of amides is 1. The molecule has 0 radical (unpaired) electrons. The number of halogens is 1. The van der Waals surface area contributed by atoms with Crippen LogP contribution in [0.1, 0.15) is 26.2 Å². The van der Waals surface area contributed by atoms with E-state index in [1.165, 1.54) is 0 Å². The molecule has 0 aromatic heterocycles. The zero-order valence-electron chi connectivity index (χ0n) is 8.16. The largest absolute Gasteiger partial charge is 0.354 e. The maximum atomic E-state index is 12.0. The number of nitrogens with two attached hydrogens (primary N) is 1. The SMILES string of the molecule is CCCCC(=O)NCCOSP(N)F. The standard InChI is InChI=1S/C7H16FN2O2PS/c1-2-3-4-7(11)10-5-6-12-14-13(8)9/h2-6,9H2,1H3,(H,10,11). The molecule has 1 unspecified atom stereocenters. The highest BCUT2D eigenvalue weighted by molar-refractivity contribution is 8.51. The van der Waals surface area contributed by atoms with Gasteiger partial charge in [-0.15, -0.1) is 0 Å². The normalized spacial score (nSPS) is 12.5. The van der Waals surface area contributed by atoms with Crippen molar-refractivity contribution < 1.29 is 13.2 Å². The highest BCUT2D eigenvalue weighted by Gasteiger charge is 2.01. The van der Waals surface area contributed by atoms with E-state index in [9.17, 15) is 8.99 Å². The molecular formula is C7H16FN2O2PS. The highest BCUT2D eigenvalue weighted by Crippen LogP contribution is 2.43. The molecule has 0 bridgehead atoms. The molecule has 0 saturated carbocycles. The molecular weight excluding hydrogens is 226 g/mol. The van der Waals surface area contributed by atoms with Crippen molar-refractivity contribution in [3.05, 3.63) is 0 Å². The van der Waals surface area contributed by atoms with Crippen LogP contribution in [0.5, 0.6) is 0 Å². The zero-order valence-corrected chi connectivity index (χ0v) is 9.87. The second-order valence-electron chi connectivity index (χ2n) is 2.62. The lowest BCUT2D eigenvalue weighted by atomic mass is 10.2.